The first-order valence-corrected chi connectivity index (χ1v) is 4.24. The predicted molar refractivity (Wildman–Crippen MR) is 48.3 cm³/mol. The highest BCUT2D eigenvalue weighted by Gasteiger charge is 2.14. The summed E-state index contributed by atoms with van der Waals surface area (Å²) in [5, 5.41) is 9.19. The first-order valence-electron chi connectivity index (χ1n) is 4.24. The van der Waals surface area contributed by atoms with Gasteiger partial charge in [0.2, 0.25) is 5.76 Å². The molecule has 0 bridgehead atoms. The lowest BCUT2D eigenvalue weighted by Gasteiger charge is -2.05. The third kappa shape index (κ3) is 4.49. The minimum absolute atomic E-state index is 0.154. The molecule has 0 saturated carbocycles. The normalized spacial score (nSPS) is 11.6. The Hall–Kier alpha value is -1.52. The molecule has 14 heavy (non-hydrogen) atoms. The number of rotatable bonds is 4. The average Bonchev–Trinajstić information content (AvgIpc) is 2.11. The van der Waals surface area contributed by atoms with Crippen molar-refractivity contribution in [2.24, 2.45) is 0 Å². The number of carbonyl (C=O) groups excluding carboxylic acids is 2. The maximum Gasteiger partial charge on any atom is 0.377 e. The fraction of sp³-hybridized carbons (Fsp3) is 0.556. The van der Waals surface area contributed by atoms with Gasteiger partial charge < -0.3 is 14.6 Å². The van der Waals surface area contributed by atoms with Gasteiger partial charge in [-0.25, -0.2) is 4.79 Å². The summed E-state index contributed by atoms with van der Waals surface area (Å²) in [5.41, 5.74) is 0. The van der Waals surface area contributed by atoms with Crippen molar-refractivity contribution < 1.29 is 24.2 Å². The van der Waals surface area contributed by atoms with E-state index in [2.05, 4.69) is 9.47 Å². The summed E-state index contributed by atoms with van der Waals surface area (Å²) >= 11 is 0. The summed E-state index contributed by atoms with van der Waals surface area (Å²) in [6.45, 7) is 4.53. The Morgan fingerprint density at radius 2 is 1.86 bits per heavy atom. The minimum atomic E-state index is -0.884. The zero-order valence-corrected chi connectivity index (χ0v) is 8.49. The van der Waals surface area contributed by atoms with Gasteiger partial charge in [0.25, 0.3) is 0 Å². The molecule has 0 aliphatic rings. The van der Waals surface area contributed by atoms with Gasteiger partial charge in [0.15, 0.2) is 5.76 Å². The van der Waals surface area contributed by atoms with Crippen LogP contribution in [-0.2, 0) is 19.1 Å². The molecule has 0 unspecified atom stereocenters. The highest BCUT2D eigenvalue weighted by molar-refractivity contribution is 5.86. The maximum atomic E-state index is 11.0. The van der Waals surface area contributed by atoms with E-state index in [1.54, 1.807) is 0 Å². The lowest BCUT2D eigenvalue weighted by atomic mass is 10.4. The van der Waals surface area contributed by atoms with Crippen LogP contribution in [0.5, 0.6) is 0 Å². The molecule has 0 spiro atoms. The van der Waals surface area contributed by atoms with Crippen molar-refractivity contribution in [1.82, 2.24) is 0 Å². The lowest BCUT2D eigenvalue weighted by Crippen LogP contribution is -2.12. The summed E-state index contributed by atoms with van der Waals surface area (Å²) < 4.78 is 9.12. The molecule has 80 valence electrons. The van der Waals surface area contributed by atoms with E-state index in [1.165, 1.54) is 13.8 Å². The van der Waals surface area contributed by atoms with Crippen LogP contribution in [-0.4, -0.2) is 23.7 Å². The molecule has 0 atom stereocenters. The predicted octanol–water partition coefficient (Wildman–Crippen LogP) is 1.29. The summed E-state index contributed by atoms with van der Waals surface area (Å²) in [6, 6.07) is 0. The summed E-state index contributed by atoms with van der Waals surface area (Å²) in [5.74, 6) is -2.31. The molecule has 0 fully saturated rings. The Morgan fingerprint density at radius 1 is 1.29 bits per heavy atom. The highest BCUT2D eigenvalue weighted by Crippen LogP contribution is 2.05. The highest BCUT2D eigenvalue weighted by atomic mass is 16.6. The SMILES string of the molecule is CCCOC(=O)C(O)=C(C)OC(C)=O. The Balaban J connectivity index is 4.32. The van der Waals surface area contributed by atoms with Crippen LogP contribution in [0, 0.1) is 0 Å². The second-order valence-corrected chi connectivity index (χ2v) is 2.63. The molecule has 1 N–H and O–H groups in total. The fourth-order valence-electron chi connectivity index (χ4n) is 0.671. The van der Waals surface area contributed by atoms with E-state index in [1.807, 2.05) is 6.92 Å². The number of esters is 2. The van der Waals surface area contributed by atoms with Crippen LogP contribution in [0.3, 0.4) is 0 Å². The van der Waals surface area contributed by atoms with Crippen molar-refractivity contribution in [2.45, 2.75) is 27.2 Å². The Morgan fingerprint density at radius 3 is 2.29 bits per heavy atom. The van der Waals surface area contributed by atoms with Gasteiger partial charge in [-0.2, -0.15) is 0 Å². The van der Waals surface area contributed by atoms with Gasteiger partial charge in [0.1, 0.15) is 0 Å². The number of allylic oxidation sites excluding steroid dienone is 1. The summed E-state index contributed by atoms with van der Waals surface area (Å²) in [7, 11) is 0. The monoisotopic (exact) mass is 202 g/mol. The number of ether oxygens (including phenoxy) is 2. The third-order valence-corrected chi connectivity index (χ3v) is 1.26. The molecule has 0 aliphatic carbocycles. The molecule has 0 aromatic rings. The van der Waals surface area contributed by atoms with Gasteiger partial charge in [-0.1, -0.05) is 6.92 Å². The zero-order chi connectivity index (χ0) is 11.1. The van der Waals surface area contributed by atoms with Crippen LogP contribution in [0.4, 0.5) is 0 Å². The van der Waals surface area contributed by atoms with E-state index in [-0.39, 0.29) is 12.4 Å². The van der Waals surface area contributed by atoms with Crippen LogP contribution >= 0.6 is 0 Å². The Labute approximate surface area is 82.3 Å². The van der Waals surface area contributed by atoms with Crippen LogP contribution in [0.2, 0.25) is 0 Å². The van der Waals surface area contributed by atoms with E-state index in [9.17, 15) is 14.7 Å². The number of hydrogen-bond acceptors (Lipinski definition) is 5. The molecular formula is C9H14O5. The van der Waals surface area contributed by atoms with Gasteiger partial charge in [0, 0.05) is 6.92 Å². The van der Waals surface area contributed by atoms with E-state index in [0.717, 1.165) is 0 Å². The van der Waals surface area contributed by atoms with Crippen LogP contribution in [0.15, 0.2) is 11.5 Å². The van der Waals surface area contributed by atoms with Crippen molar-refractivity contribution in [3.05, 3.63) is 11.5 Å². The van der Waals surface area contributed by atoms with Gasteiger partial charge in [-0.05, 0) is 13.3 Å². The third-order valence-electron chi connectivity index (χ3n) is 1.26. The molecular weight excluding hydrogens is 188 g/mol. The fourth-order valence-corrected chi connectivity index (χ4v) is 0.671. The van der Waals surface area contributed by atoms with Gasteiger partial charge in [0.05, 0.1) is 6.61 Å². The average molecular weight is 202 g/mol. The number of hydrogen-bond donors (Lipinski definition) is 1. The second kappa shape index (κ2) is 6.01. The number of aliphatic hydroxyl groups excluding tert-OH is 1. The van der Waals surface area contributed by atoms with Crippen molar-refractivity contribution in [1.29, 1.82) is 0 Å². The molecule has 0 aliphatic heterocycles. The first-order chi connectivity index (χ1) is 6.49. The molecule has 5 heteroatoms. The van der Waals surface area contributed by atoms with E-state index in [4.69, 9.17) is 0 Å². The van der Waals surface area contributed by atoms with Gasteiger partial charge in [-0.3, -0.25) is 4.79 Å². The van der Waals surface area contributed by atoms with E-state index >= 15 is 0 Å². The Bertz CT molecular complexity index is 254. The zero-order valence-electron chi connectivity index (χ0n) is 8.49. The summed E-state index contributed by atoms with van der Waals surface area (Å²) in [4.78, 5) is 21.5. The largest absolute Gasteiger partial charge is 0.499 e. The molecule has 5 nitrogen and oxygen atoms in total. The first kappa shape index (κ1) is 12.5. The minimum Gasteiger partial charge on any atom is -0.499 e. The van der Waals surface area contributed by atoms with E-state index in [0.29, 0.717) is 6.42 Å². The number of carbonyl (C=O) groups is 2. The van der Waals surface area contributed by atoms with Crippen molar-refractivity contribution in [3.63, 3.8) is 0 Å². The molecule has 0 saturated heterocycles. The van der Waals surface area contributed by atoms with Crippen LogP contribution in [0.1, 0.15) is 27.2 Å². The topological polar surface area (TPSA) is 72.8 Å². The van der Waals surface area contributed by atoms with Crippen molar-refractivity contribution in [2.75, 3.05) is 6.61 Å². The smallest absolute Gasteiger partial charge is 0.377 e. The molecule has 0 rings (SSSR count). The van der Waals surface area contributed by atoms with E-state index < -0.39 is 17.7 Å². The van der Waals surface area contributed by atoms with Gasteiger partial charge >= 0.3 is 11.9 Å². The second-order valence-electron chi connectivity index (χ2n) is 2.63. The Kier molecular flexibility index (Phi) is 5.36. The van der Waals surface area contributed by atoms with Crippen molar-refractivity contribution >= 4 is 11.9 Å². The van der Waals surface area contributed by atoms with Crippen LogP contribution in [0.25, 0.3) is 0 Å². The molecule has 0 radical (unpaired) electrons. The van der Waals surface area contributed by atoms with Crippen molar-refractivity contribution in [3.8, 4) is 0 Å². The molecule has 0 heterocycles. The molecule has 0 amide bonds. The quantitative estimate of drug-likeness (QED) is 0.422. The maximum absolute atomic E-state index is 11.0. The molecule has 0 aromatic heterocycles. The number of aliphatic hydroxyl groups is 1. The lowest BCUT2D eigenvalue weighted by molar-refractivity contribution is -0.143. The molecule has 0 aromatic carbocycles. The standard InChI is InChI=1S/C9H14O5/c1-4-5-13-9(12)8(11)6(2)14-7(3)10/h11H,4-5H2,1-3H3. The van der Waals surface area contributed by atoms with Gasteiger partial charge in [-0.15, -0.1) is 0 Å². The summed E-state index contributed by atoms with van der Waals surface area (Å²) in [6.07, 6.45) is 0.658. The van der Waals surface area contributed by atoms with Crippen LogP contribution < -0.4 is 0 Å².